The van der Waals surface area contributed by atoms with Gasteiger partial charge in [-0.3, -0.25) is 0 Å². The van der Waals surface area contributed by atoms with Gasteiger partial charge >= 0.3 is 0 Å². The van der Waals surface area contributed by atoms with Crippen molar-refractivity contribution in [3.05, 3.63) is 35.9 Å². The summed E-state index contributed by atoms with van der Waals surface area (Å²) < 4.78 is 0. The molecule has 1 aromatic carbocycles. The smallest absolute Gasteiger partial charge is 0.0681 e. The Kier molecular flexibility index (Phi) is 4.65. The summed E-state index contributed by atoms with van der Waals surface area (Å²) in [6, 6.07) is 9.52. The standard InChI is InChI=1S/C7H8O.Pt/c8-6-7-4-2-1-3-5-7;/h1-5,8H,6H2;. The summed E-state index contributed by atoms with van der Waals surface area (Å²) in [5, 5.41) is 8.54. The van der Waals surface area contributed by atoms with Gasteiger partial charge in [-0.05, 0) is 5.56 Å². The fraction of sp³-hybridized carbons (Fsp3) is 0.143. The fourth-order valence-corrected chi connectivity index (χ4v) is 0.583. The van der Waals surface area contributed by atoms with Crippen LogP contribution >= 0.6 is 0 Å². The van der Waals surface area contributed by atoms with Crippen LogP contribution < -0.4 is 0 Å². The van der Waals surface area contributed by atoms with Crippen LogP contribution in [0.1, 0.15) is 5.56 Å². The first kappa shape index (κ1) is 8.87. The van der Waals surface area contributed by atoms with E-state index in [1.165, 1.54) is 0 Å². The molecule has 0 amide bonds. The van der Waals surface area contributed by atoms with Crippen LogP contribution in [0.5, 0.6) is 0 Å². The second kappa shape index (κ2) is 4.72. The van der Waals surface area contributed by atoms with Crippen molar-refractivity contribution in [3.63, 3.8) is 0 Å². The van der Waals surface area contributed by atoms with E-state index in [4.69, 9.17) is 5.11 Å². The molecule has 0 atom stereocenters. The molecule has 0 aromatic heterocycles. The van der Waals surface area contributed by atoms with Crippen LogP contribution in [0.3, 0.4) is 0 Å². The molecular formula is C7H8OPt. The number of hydrogen-bond donors (Lipinski definition) is 1. The largest absolute Gasteiger partial charge is 0.392 e. The minimum Gasteiger partial charge on any atom is -0.392 e. The molecule has 0 fully saturated rings. The number of benzene rings is 1. The Morgan fingerprint density at radius 3 is 2.00 bits per heavy atom. The number of aliphatic hydroxyl groups is 1. The molecule has 0 unspecified atom stereocenters. The van der Waals surface area contributed by atoms with Crippen LogP contribution in [0.25, 0.3) is 0 Å². The second-order valence-corrected chi connectivity index (χ2v) is 1.64. The molecule has 1 rings (SSSR count). The third-order valence-electron chi connectivity index (χ3n) is 1.03. The summed E-state index contributed by atoms with van der Waals surface area (Å²) in [6.45, 7) is 0.140. The zero-order valence-electron chi connectivity index (χ0n) is 4.86. The molecule has 0 heterocycles. The van der Waals surface area contributed by atoms with Crippen molar-refractivity contribution in [1.82, 2.24) is 0 Å². The number of aliphatic hydroxyl groups excluding tert-OH is 1. The maximum absolute atomic E-state index is 8.54. The molecule has 1 N–H and O–H groups in total. The van der Waals surface area contributed by atoms with E-state index in [0.717, 1.165) is 5.56 Å². The van der Waals surface area contributed by atoms with Gasteiger partial charge in [0.2, 0.25) is 0 Å². The third-order valence-corrected chi connectivity index (χ3v) is 1.03. The van der Waals surface area contributed by atoms with Crippen LogP contribution in [-0.2, 0) is 27.7 Å². The summed E-state index contributed by atoms with van der Waals surface area (Å²) in [6.07, 6.45) is 0. The van der Waals surface area contributed by atoms with Crippen molar-refractivity contribution in [1.29, 1.82) is 0 Å². The van der Waals surface area contributed by atoms with Crippen molar-refractivity contribution in [3.8, 4) is 0 Å². The van der Waals surface area contributed by atoms with Gasteiger partial charge in [0.1, 0.15) is 0 Å². The molecule has 0 bridgehead atoms. The monoisotopic (exact) mass is 303 g/mol. The molecule has 0 aliphatic carbocycles. The van der Waals surface area contributed by atoms with Crippen LogP contribution in [-0.4, -0.2) is 5.11 Å². The van der Waals surface area contributed by atoms with E-state index in [-0.39, 0.29) is 27.7 Å². The predicted molar refractivity (Wildman–Crippen MR) is 32.4 cm³/mol. The quantitative estimate of drug-likeness (QED) is 0.826. The van der Waals surface area contributed by atoms with Gasteiger partial charge in [0.25, 0.3) is 0 Å². The van der Waals surface area contributed by atoms with E-state index in [0.29, 0.717) is 0 Å². The average Bonchev–Trinajstić information content (AvgIpc) is 1.90. The fourth-order valence-electron chi connectivity index (χ4n) is 0.583. The zero-order valence-corrected chi connectivity index (χ0v) is 7.13. The zero-order chi connectivity index (χ0) is 5.82. The van der Waals surface area contributed by atoms with Crippen molar-refractivity contribution >= 4 is 0 Å². The van der Waals surface area contributed by atoms with Crippen molar-refractivity contribution in [2.75, 3.05) is 0 Å². The molecule has 0 aliphatic heterocycles. The van der Waals surface area contributed by atoms with E-state index in [1.807, 2.05) is 30.3 Å². The van der Waals surface area contributed by atoms with E-state index in [1.54, 1.807) is 0 Å². The van der Waals surface area contributed by atoms with Crippen LogP contribution in [0.4, 0.5) is 0 Å². The third kappa shape index (κ3) is 2.78. The topological polar surface area (TPSA) is 20.2 Å². The number of hydrogen-bond acceptors (Lipinski definition) is 1. The minimum atomic E-state index is 0. The second-order valence-electron chi connectivity index (χ2n) is 1.64. The molecule has 0 aliphatic rings. The molecule has 1 nitrogen and oxygen atoms in total. The van der Waals surface area contributed by atoms with Gasteiger partial charge in [-0.1, -0.05) is 30.3 Å². The SMILES string of the molecule is OCc1ccccc1.[Pt]. The Morgan fingerprint density at radius 1 is 1.11 bits per heavy atom. The van der Waals surface area contributed by atoms with E-state index in [2.05, 4.69) is 0 Å². The molecule has 9 heavy (non-hydrogen) atoms. The van der Waals surface area contributed by atoms with Crippen LogP contribution in [0.2, 0.25) is 0 Å². The molecule has 0 saturated heterocycles. The van der Waals surface area contributed by atoms with Gasteiger partial charge in [0.15, 0.2) is 0 Å². The maximum atomic E-state index is 8.54. The van der Waals surface area contributed by atoms with Crippen LogP contribution in [0.15, 0.2) is 30.3 Å². The van der Waals surface area contributed by atoms with E-state index < -0.39 is 0 Å². The Balaban J connectivity index is 0.000000640. The summed E-state index contributed by atoms with van der Waals surface area (Å²) in [5.74, 6) is 0. The Morgan fingerprint density at radius 2 is 1.67 bits per heavy atom. The summed E-state index contributed by atoms with van der Waals surface area (Å²) in [5.41, 5.74) is 0.965. The molecule has 0 saturated carbocycles. The van der Waals surface area contributed by atoms with Crippen molar-refractivity contribution < 1.29 is 26.2 Å². The Hall–Kier alpha value is -0.132. The molecule has 0 spiro atoms. The number of rotatable bonds is 1. The molecule has 0 radical (unpaired) electrons. The Bertz CT molecular complexity index is 150. The normalized spacial score (nSPS) is 8.11. The van der Waals surface area contributed by atoms with Crippen LogP contribution in [0, 0.1) is 0 Å². The minimum absolute atomic E-state index is 0. The first-order valence-electron chi connectivity index (χ1n) is 2.58. The van der Waals surface area contributed by atoms with Gasteiger partial charge in [-0.25, -0.2) is 0 Å². The van der Waals surface area contributed by atoms with E-state index in [9.17, 15) is 0 Å². The van der Waals surface area contributed by atoms with E-state index >= 15 is 0 Å². The summed E-state index contributed by atoms with van der Waals surface area (Å²) in [7, 11) is 0. The first-order chi connectivity index (χ1) is 3.93. The van der Waals surface area contributed by atoms with Crippen molar-refractivity contribution in [2.45, 2.75) is 6.61 Å². The van der Waals surface area contributed by atoms with Gasteiger partial charge < -0.3 is 5.11 Å². The first-order valence-corrected chi connectivity index (χ1v) is 2.58. The van der Waals surface area contributed by atoms with Gasteiger partial charge in [-0.15, -0.1) is 0 Å². The average molecular weight is 303 g/mol. The predicted octanol–water partition coefficient (Wildman–Crippen LogP) is 1.18. The maximum Gasteiger partial charge on any atom is 0.0681 e. The molecule has 52 valence electrons. The molecule has 2 heteroatoms. The Labute approximate surface area is 69.0 Å². The van der Waals surface area contributed by atoms with Gasteiger partial charge in [0.05, 0.1) is 6.61 Å². The van der Waals surface area contributed by atoms with Gasteiger partial charge in [-0.2, -0.15) is 0 Å². The molecule has 1 aromatic rings. The van der Waals surface area contributed by atoms with Crippen molar-refractivity contribution in [2.24, 2.45) is 0 Å². The summed E-state index contributed by atoms with van der Waals surface area (Å²) in [4.78, 5) is 0. The summed E-state index contributed by atoms with van der Waals surface area (Å²) >= 11 is 0. The molecular weight excluding hydrogens is 295 g/mol. The van der Waals surface area contributed by atoms with Gasteiger partial charge in [0, 0.05) is 21.1 Å².